The summed E-state index contributed by atoms with van der Waals surface area (Å²) in [6.07, 6.45) is 2.97. The first-order valence-electron chi connectivity index (χ1n) is 13.4. The Hall–Kier alpha value is -4.18. The Labute approximate surface area is 241 Å². The van der Waals surface area contributed by atoms with E-state index in [9.17, 15) is 18.0 Å². The molecule has 2 aromatic carbocycles. The molecule has 41 heavy (non-hydrogen) atoms. The van der Waals surface area contributed by atoms with Crippen LogP contribution in [0.1, 0.15) is 46.6 Å². The number of anilines is 1. The average molecular weight is 577 g/mol. The molecular weight excluding hydrogens is 540 g/mol. The standard InChI is InChI=1S/C31H36N4O5S/c1-20(2)18-26(34-30(37)40-31(4,5)6)29(36)33-23-14-12-22(13-15-23)27-21(3)19-32-28-25(27)16-17-35(28)41(38,39)24-10-8-7-9-11-24/h7-17,19-20,26H,18H2,1-6H3,(H,33,36)(H,34,37)/t26-/m1/s1. The molecule has 0 aliphatic heterocycles. The third-order valence-corrected chi connectivity index (χ3v) is 8.01. The molecule has 2 aromatic heterocycles. The Morgan fingerprint density at radius 2 is 1.66 bits per heavy atom. The average Bonchev–Trinajstić information content (AvgIpc) is 3.33. The van der Waals surface area contributed by atoms with Crippen molar-refractivity contribution in [1.82, 2.24) is 14.3 Å². The zero-order valence-corrected chi connectivity index (χ0v) is 25.0. The van der Waals surface area contributed by atoms with E-state index in [1.54, 1.807) is 75.5 Å². The molecule has 216 valence electrons. The zero-order valence-electron chi connectivity index (χ0n) is 24.1. The quantitative estimate of drug-likeness (QED) is 0.261. The lowest BCUT2D eigenvalue weighted by Crippen LogP contribution is -2.46. The molecular formula is C31H36N4O5S. The van der Waals surface area contributed by atoms with Crippen LogP contribution in [-0.4, -0.2) is 41.0 Å². The summed E-state index contributed by atoms with van der Waals surface area (Å²) in [5.41, 5.74) is 2.78. The number of hydrogen-bond acceptors (Lipinski definition) is 6. The fourth-order valence-corrected chi connectivity index (χ4v) is 5.87. The number of aromatic nitrogens is 2. The van der Waals surface area contributed by atoms with E-state index in [-0.39, 0.29) is 16.7 Å². The van der Waals surface area contributed by atoms with E-state index in [2.05, 4.69) is 15.6 Å². The maximum atomic E-state index is 13.3. The van der Waals surface area contributed by atoms with E-state index >= 15 is 0 Å². The molecule has 10 heteroatoms. The van der Waals surface area contributed by atoms with Gasteiger partial charge in [-0.15, -0.1) is 0 Å². The van der Waals surface area contributed by atoms with E-state index in [0.717, 1.165) is 16.7 Å². The molecule has 4 rings (SSSR count). The molecule has 0 bridgehead atoms. The van der Waals surface area contributed by atoms with Gasteiger partial charge in [0.2, 0.25) is 5.91 Å². The number of nitrogens with zero attached hydrogens (tertiary/aromatic N) is 2. The van der Waals surface area contributed by atoms with Crippen molar-refractivity contribution in [3.63, 3.8) is 0 Å². The Morgan fingerprint density at radius 3 is 2.27 bits per heavy atom. The first-order valence-corrected chi connectivity index (χ1v) is 14.9. The minimum Gasteiger partial charge on any atom is -0.444 e. The predicted octanol–water partition coefficient (Wildman–Crippen LogP) is 6.13. The highest BCUT2D eigenvalue weighted by molar-refractivity contribution is 7.90. The van der Waals surface area contributed by atoms with Crippen molar-refractivity contribution in [2.45, 2.75) is 64.5 Å². The van der Waals surface area contributed by atoms with Crippen LogP contribution in [0.3, 0.4) is 0 Å². The van der Waals surface area contributed by atoms with Crippen molar-refractivity contribution in [2.75, 3.05) is 5.32 Å². The van der Waals surface area contributed by atoms with Crippen molar-refractivity contribution in [2.24, 2.45) is 5.92 Å². The van der Waals surface area contributed by atoms with E-state index in [1.807, 2.05) is 32.9 Å². The number of amides is 2. The molecule has 2 N–H and O–H groups in total. The minimum atomic E-state index is -3.82. The van der Waals surface area contributed by atoms with Crippen LogP contribution >= 0.6 is 0 Å². The van der Waals surface area contributed by atoms with Gasteiger partial charge in [-0.3, -0.25) is 4.79 Å². The molecule has 2 heterocycles. The summed E-state index contributed by atoms with van der Waals surface area (Å²) in [6.45, 7) is 11.2. The Kier molecular flexibility index (Phi) is 8.53. The fraction of sp³-hybridized carbons (Fsp3) is 0.323. The number of ether oxygens (including phenoxy) is 1. The largest absolute Gasteiger partial charge is 0.444 e. The van der Waals surface area contributed by atoms with Crippen LogP contribution in [-0.2, 0) is 19.6 Å². The summed E-state index contributed by atoms with van der Waals surface area (Å²) in [5, 5.41) is 6.26. The van der Waals surface area contributed by atoms with E-state index in [1.165, 1.54) is 10.2 Å². The van der Waals surface area contributed by atoms with Gasteiger partial charge in [0.1, 0.15) is 11.6 Å². The molecule has 0 spiro atoms. The van der Waals surface area contributed by atoms with E-state index in [0.29, 0.717) is 23.1 Å². The molecule has 0 aliphatic carbocycles. The SMILES string of the molecule is Cc1cnc2c(ccn2S(=O)(=O)c2ccccc2)c1-c1ccc(NC(=O)[C@@H](CC(C)C)NC(=O)OC(C)(C)C)cc1. The van der Waals surface area contributed by atoms with Gasteiger partial charge in [0.05, 0.1) is 4.90 Å². The highest BCUT2D eigenvalue weighted by Gasteiger charge is 2.26. The lowest BCUT2D eigenvalue weighted by atomic mass is 9.99. The van der Waals surface area contributed by atoms with E-state index in [4.69, 9.17) is 4.74 Å². The van der Waals surface area contributed by atoms with Crippen molar-refractivity contribution in [1.29, 1.82) is 0 Å². The third-order valence-electron chi connectivity index (χ3n) is 6.33. The monoisotopic (exact) mass is 576 g/mol. The van der Waals surface area contributed by atoms with Crippen molar-refractivity contribution in [3.8, 4) is 11.1 Å². The van der Waals surface area contributed by atoms with Crippen LogP contribution in [0.2, 0.25) is 0 Å². The van der Waals surface area contributed by atoms with Crippen molar-refractivity contribution >= 4 is 38.7 Å². The number of carbonyl (C=O) groups is 2. The molecule has 0 saturated carbocycles. The predicted molar refractivity (Wildman–Crippen MR) is 160 cm³/mol. The summed E-state index contributed by atoms with van der Waals surface area (Å²) in [4.78, 5) is 30.1. The second kappa shape index (κ2) is 11.7. The summed E-state index contributed by atoms with van der Waals surface area (Å²) < 4.78 is 33.1. The number of alkyl carbamates (subject to hydrolysis) is 1. The lowest BCUT2D eigenvalue weighted by molar-refractivity contribution is -0.118. The molecule has 4 aromatic rings. The summed E-state index contributed by atoms with van der Waals surface area (Å²) in [5.74, 6) is -0.180. The third kappa shape index (κ3) is 6.94. The number of fused-ring (bicyclic) bond motifs is 1. The highest BCUT2D eigenvalue weighted by Crippen LogP contribution is 2.33. The molecule has 0 saturated heterocycles. The Bertz CT molecular complexity index is 1650. The number of nitrogens with one attached hydrogen (secondary N) is 2. The molecule has 0 radical (unpaired) electrons. The van der Waals surface area contributed by atoms with Gasteiger partial charge < -0.3 is 15.4 Å². The van der Waals surface area contributed by atoms with Gasteiger partial charge in [0, 0.05) is 23.5 Å². The van der Waals surface area contributed by atoms with Crippen LogP contribution in [0.4, 0.5) is 10.5 Å². The molecule has 2 amide bonds. The summed E-state index contributed by atoms with van der Waals surface area (Å²) in [6, 6.07) is 16.5. The van der Waals surface area contributed by atoms with Gasteiger partial charge in [0.25, 0.3) is 10.0 Å². The lowest BCUT2D eigenvalue weighted by Gasteiger charge is -2.24. The number of rotatable bonds is 8. The number of carbonyl (C=O) groups excluding carboxylic acids is 2. The first-order chi connectivity index (χ1) is 19.3. The number of aryl methyl sites for hydroxylation is 1. The number of pyridine rings is 1. The maximum absolute atomic E-state index is 13.3. The number of hydrogen-bond donors (Lipinski definition) is 2. The molecule has 0 aliphatic rings. The maximum Gasteiger partial charge on any atom is 0.408 e. The zero-order chi connectivity index (χ0) is 29.9. The Morgan fingerprint density at radius 1 is 1.00 bits per heavy atom. The van der Waals surface area contributed by atoms with Crippen LogP contribution in [0, 0.1) is 12.8 Å². The summed E-state index contributed by atoms with van der Waals surface area (Å²) >= 11 is 0. The normalized spacial score (nSPS) is 12.8. The van der Waals surface area contributed by atoms with Crippen LogP contribution < -0.4 is 10.6 Å². The summed E-state index contributed by atoms with van der Waals surface area (Å²) in [7, 11) is -3.82. The van der Waals surface area contributed by atoms with Gasteiger partial charge >= 0.3 is 6.09 Å². The highest BCUT2D eigenvalue weighted by atomic mass is 32.2. The fourth-order valence-electron chi connectivity index (χ4n) is 4.55. The van der Waals surface area contributed by atoms with Crippen LogP contribution in [0.15, 0.2) is 78.0 Å². The van der Waals surface area contributed by atoms with Crippen LogP contribution in [0.5, 0.6) is 0 Å². The molecule has 0 fully saturated rings. The smallest absolute Gasteiger partial charge is 0.408 e. The Balaban J connectivity index is 1.59. The minimum absolute atomic E-state index is 0.165. The topological polar surface area (TPSA) is 119 Å². The van der Waals surface area contributed by atoms with Gasteiger partial charge in [-0.2, -0.15) is 0 Å². The van der Waals surface area contributed by atoms with Gasteiger partial charge in [-0.05, 0) is 87.1 Å². The van der Waals surface area contributed by atoms with Crippen molar-refractivity contribution in [3.05, 3.63) is 78.6 Å². The van der Waals surface area contributed by atoms with E-state index < -0.39 is 27.8 Å². The molecule has 1 atom stereocenters. The second-order valence-corrected chi connectivity index (χ2v) is 13.2. The number of benzene rings is 2. The first kappa shape index (κ1) is 29.8. The second-order valence-electron chi connectivity index (χ2n) is 11.4. The van der Waals surface area contributed by atoms with Crippen LogP contribution in [0.25, 0.3) is 22.2 Å². The van der Waals surface area contributed by atoms with Gasteiger partial charge in [0.15, 0.2) is 5.65 Å². The van der Waals surface area contributed by atoms with Gasteiger partial charge in [-0.1, -0.05) is 44.2 Å². The molecule has 9 nitrogen and oxygen atoms in total. The van der Waals surface area contributed by atoms with Crippen molar-refractivity contribution < 1.29 is 22.7 Å². The van der Waals surface area contributed by atoms with Gasteiger partial charge in [-0.25, -0.2) is 22.2 Å². The molecule has 0 unspecified atom stereocenters.